The minimum absolute atomic E-state index is 0.377. The van der Waals surface area contributed by atoms with Crippen LogP contribution in [-0.4, -0.2) is 30.5 Å². The molecule has 1 unspecified atom stereocenters. The zero-order chi connectivity index (χ0) is 12.5. The average Bonchev–Trinajstić information content (AvgIpc) is 2.69. The number of aryl methyl sites for hydroxylation is 1. The number of ether oxygens (including phenoxy) is 1. The van der Waals surface area contributed by atoms with Crippen molar-refractivity contribution in [1.29, 1.82) is 0 Å². The fourth-order valence-corrected chi connectivity index (χ4v) is 2.05. The molecule has 94 valence electrons. The normalized spacial score (nSPS) is 23.9. The fraction of sp³-hybridized carbons (Fsp3) is 0.500. The van der Waals surface area contributed by atoms with E-state index in [1.807, 2.05) is 13.0 Å². The lowest BCUT2D eigenvalue weighted by atomic mass is 10.0. The van der Waals surface area contributed by atoms with Crippen LogP contribution in [0.25, 0.3) is 0 Å². The highest BCUT2D eigenvalue weighted by molar-refractivity contribution is 6.33. The third-order valence-corrected chi connectivity index (χ3v) is 3.36. The number of nitrogens with two attached hydrogens (primary N) is 1. The summed E-state index contributed by atoms with van der Waals surface area (Å²) in [7, 11) is 0. The molecule has 1 aliphatic rings. The van der Waals surface area contributed by atoms with Crippen LogP contribution in [-0.2, 0) is 4.74 Å². The molecule has 1 aromatic carbocycles. The number of aliphatic hydroxyl groups is 1. The van der Waals surface area contributed by atoms with Gasteiger partial charge in [-0.15, -0.1) is 0 Å². The molecular formula is C12H17ClN2O2. The lowest BCUT2D eigenvalue weighted by Gasteiger charge is -2.22. The first kappa shape index (κ1) is 12.5. The number of benzene rings is 1. The monoisotopic (exact) mass is 256 g/mol. The van der Waals surface area contributed by atoms with E-state index in [0.717, 1.165) is 11.3 Å². The first-order chi connectivity index (χ1) is 8.00. The molecule has 0 amide bonds. The van der Waals surface area contributed by atoms with E-state index in [2.05, 4.69) is 5.32 Å². The van der Waals surface area contributed by atoms with E-state index in [-0.39, 0.29) is 0 Å². The van der Waals surface area contributed by atoms with Gasteiger partial charge in [0.1, 0.15) is 5.60 Å². The average molecular weight is 257 g/mol. The van der Waals surface area contributed by atoms with Crippen molar-refractivity contribution in [2.24, 2.45) is 0 Å². The molecule has 0 spiro atoms. The smallest absolute Gasteiger partial charge is 0.107 e. The highest BCUT2D eigenvalue weighted by Crippen LogP contribution is 2.27. The Kier molecular flexibility index (Phi) is 3.47. The van der Waals surface area contributed by atoms with Gasteiger partial charge in [-0.2, -0.15) is 0 Å². The molecule has 1 fully saturated rings. The van der Waals surface area contributed by atoms with Crippen LogP contribution in [0.1, 0.15) is 12.0 Å². The maximum atomic E-state index is 10.1. The Morgan fingerprint density at radius 3 is 3.00 bits per heavy atom. The quantitative estimate of drug-likeness (QED) is 0.722. The largest absolute Gasteiger partial charge is 0.398 e. The number of anilines is 2. The number of halogens is 1. The molecule has 1 atom stereocenters. The van der Waals surface area contributed by atoms with Gasteiger partial charge in [0.15, 0.2) is 0 Å². The molecule has 0 bridgehead atoms. The van der Waals surface area contributed by atoms with Gasteiger partial charge in [-0.25, -0.2) is 0 Å². The van der Waals surface area contributed by atoms with Gasteiger partial charge < -0.3 is 20.9 Å². The summed E-state index contributed by atoms with van der Waals surface area (Å²) >= 11 is 5.96. The number of rotatable bonds is 3. The van der Waals surface area contributed by atoms with E-state index in [1.54, 1.807) is 6.07 Å². The van der Waals surface area contributed by atoms with E-state index < -0.39 is 5.60 Å². The highest BCUT2D eigenvalue weighted by atomic mass is 35.5. The molecular weight excluding hydrogens is 240 g/mol. The molecule has 2 rings (SSSR count). The summed E-state index contributed by atoms with van der Waals surface area (Å²) in [5.41, 5.74) is 7.40. The minimum Gasteiger partial charge on any atom is -0.398 e. The lowest BCUT2D eigenvalue weighted by Crippen LogP contribution is -2.37. The molecule has 1 heterocycles. The van der Waals surface area contributed by atoms with Gasteiger partial charge in [0.2, 0.25) is 0 Å². The number of hydrogen-bond donors (Lipinski definition) is 3. The van der Waals surface area contributed by atoms with Crippen molar-refractivity contribution in [2.45, 2.75) is 18.9 Å². The topological polar surface area (TPSA) is 67.5 Å². The van der Waals surface area contributed by atoms with Crippen molar-refractivity contribution < 1.29 is 9.84 Å². The van der Waals surface area contributed by atoms with Crippen LogP contribution in [0.5, 0.6) is 0 Å². The van der Waals surface area contributed by atoms with Crippen molar-refractivity contribution in [2.75, 3.05) is 30.8 Å². The van der Waals surface area contributed by atoms with Gasteiger partial charge in [-0.05, 0) is 24.6 Å². The molecule has 1 aromatic rings. The Labute approximate surface area is 106 Å². The molecule has 17 heavy (non-hydrogen) atoms. The summed E-state index contributed by atoms with van der Waals surface area (Å²) < 4.78 is 5.19. The van der Waals surface area contributed by atoms with Crippen molar-refractivity contribution in [3.63, 3.8) is 0 Å². The minimum atomic E-state index is -0.777. The molecule has 1 saturated heterocycles. The predicted molar refractivity (Wildman–Crippen MR) is 69.5 cm³/mol. The van der Waals surface area contributed by atoms with Crippen LogP contribution in [0.15, 0.2) is 12.1 Å². The molecule has 4 nitrogen and oxygen atoms in total. The first-order valence-corrected chi connectivity index (χ1v) is 5.98. The zero-order valence-corrected chi connectivity index (χ0v) is 10.5. The Bertz CT molecular complexity index is 417. The van der Waals surface area contributed by atoms with Gasteiger partial charge in [0.05, 0.1) is 17.3 Å². The Morgan fingerprint density at radius 1 is 1.59 bits per heavy atom. The second kappa shape index (κ2) is 4.72. The molecule has 0 saturated carbocycles. The Hall–Kier alpha value is -0.970. The van der Waals surface area contributed by atoms with Crippen LogP contribution in [0, 0.1) is 6.92 Å². The maximum absolute atomic E-state index is 10.1. The number of hydrogen-bond acceptors (Lipinski definition) is 4. The maximum Gasteiger partial charge on any atom is 0.107 e. The van der Waals surface area contributed by atoms with Crippen molar-refractivity contribution in [3.8, 4) is 0 Å². The predicted octanol–water partition coefficient (Wildman–Crippen LogP) is 1.79. The SMILES string of the molecule is Cc1cc(N)c(Cl)cc1NCC1(O)CCOC1. The third kappa shape index (κ3) is 2.83. The van der Waals surface area contributed by atoms with Crippen LogP contribution in [0.3, 0.4) is 0 Å². The molecule has 0 aromatic heterocycles. The summed E-state index contributed by atoms with van der Waals surface area (Å²) in [4.78, 5) is 0. The van der Waals surface area contributed by atoms with Gasteiger partial charge in [0.25, 0.3) is 0 Å². The van der Waals surface area contributed by atoms with E-state index in [9.17, 15) is 5.11 Å². The summed E-state index contributed by atoms with van der Waals surface area (Å²) in [6.07, 6.45) is 0.655. The molecule has 4 N–H and O–H groups in total. The Morgan fingerprint density at radius 2 is 2.35 bits per heavy atom. The molecule has 0 radical (unpaired) electrons. The van der Waals surface area contributed by atoms with Crippen LogP contribution < -0.4 is 11.1 Å². The fourth-order valence-electron chi connectivity index (χ4n) is 1.89. The molecule has 5 heteroatoms. The van der Waals surface area contributed by atoms with Crippen molar-refractivity contribution in [1.82, 2.24) is 0 Å². The van der Waals surface area contributed by atoms with E-state index in [1.165, 1.54) is 0 Å². The summed E-state index contributed by atoms with van der Waals surface area (Å²) in [5.74, 6) is 0. The van der Waals surface area contributed by atoms with E-state index in [0.29, 0.717) is 36.9 Å². The van der Waals surface area contributed by atoms with Crippen LogP contribution in [0.2, 0.25) is 5.02 Å². The van der Waals surface area contributed by atoms with Gasteiger partial charge in [-0.3, -0.25) is 0 Å². The van der Waals surface area contributed by atoms with Gasteiger partial charge >= 0.3 is 0 Å². The molecule has 0 aliphatic carbocycles. The number of nitrogen functional groups attached to an aromatic ring is 1. The first-order valence-electron chi connectivity index (χ1n) is 5.60. The standard InChI is InChI=1S/C12H17ClN2O2/c1-8-4-10(14)9(13)5-11(8)15-6-12(16)2-3-17-7-12/h4-5,15-16H,2-3,6-7,14H2,1H3. The summed E-state index contributed by atoms with van der Waals surface area (Å²) in [5, 5.41) is 13.8. The van der Waals surface area contributed by atoms with Gasteiger partial charge in [0, 0.05) is 25.3 Å². The van der Waals surface area contributed by atoms with Crippen LogP contribution in [0.4, 0.5) is 11.4 Å². The van der Waals surface area contributed by atoms with Gasteiger partial charge in [-0.1, -0.05) is 11.6 Å². The summed E-state index contributed by atoms with van der Waals surface area (Å²) in [6, 6.07) is 3.60. The van der Waals surface area contributed by atoms with Crippen LogP contribution >= 0.6 is 11.6 Å². The summed E-state index contributed by atoms with van der Waals surface area (Å²) in [6.45, 7) is 3.39. The van der Waals surface area contributed by atoms with Crippen molar-refractivity contribution >= 4 is 23.0 Å². The second-order valence-corrected chi connectivity index (χ2v) is 4.98. The van der Waals surface area contributed by atoms with Crippen molar-refractivity contribution in [3.05, 3.63) is 22.7 Å². The second-order valence-electron chi connectivity index (χ2n) is 4.57. The third-order valence-electron chi connectivity index (χ3n) is 3.03. The van der Waals surface area contributed by atoms with E-state index >= 15 is 0 Å². The number of nitrogens with one attached hydrogen (secondary N) is 1. The highest BCUT2D eigenvalue weighted by Gasteiger charge is 2.31. The Balaban J connectivity index is 2.06. The zero-order valence-electron chi connectivity index (χ0n) is 9.79. The molecule has 1 aliphatic heterocycles. The lowest BCUT2D eigenvalue weighted by molar-refractivity contribution is 0.0382. The van der Waals surface area contributed by atoms with E-state index in [4.69, 9.17) is 22.1 Å².